The number of anilines is 1. The molecule has 1 atom stereocenters. The lowest BCUT2D eigenvalue weighted by Crippen LogP contribution is -2.45. The van der Waals surface area contributed by atoms with E-state index in [1.54, 1.807) is 17.3 Å². The van der Waals surface area contributed by atoms with Crippen molar-refractivity contribution < 1.29 is 4.79 Å². The van der Waals surface area contributed by atoms with E-state index in [1.165, 1.54) is 6.08 Å². The molecule has 25 heavy (non-hydrogen) atoms. The number of hydrogen-bond acceptors (Lipinski definition) is 4. The first-order valence-electron chi connectivity index (χ1n) is 8.40. The topological polar surface area (TPSA) is 78.1 Å². The summed E-state index contributed by atoms with van der Waals surface area (Å²) in [5.41, 5.74) is 3.19. The minimum atomic E-state index is -0.165. The summed E-state index contributed by atoms with van der Waals surface area (Å²) in [6, 6.07) is 5.79. The highest BCUT2D eigenvalue weighted by molar-refractivity contribution is 5.87. The van der Waals surface area contributed by atoms with Gasteiger partial charge in [-0.05, 0) is 49.6 Å². The van der Waals surface area contributed by atoms with Crippen molar-refractivity contribution in [2.75, 3.05) is 18.4 Å². The average Bonchev–Trinajstić information content (AvgIpc) is 2.63. The number of H-pyrrole nitrogens is 1. The van der Waals surface area contributed by atoms with Crippen LogP contribution in [0.25, 0.3) is 11.1 Å². The second-order valence-electron chi connectivity index (χ2n) is 6.29. The molecule has 1 aliphatic rings. The van der Waals surface area contributed by atoms with E-state index in [9.17, 15) is 9.59 Å². The zero-order chi connectivity index (χ0) is 17.8. The highest BCUT2D eigenvalue weighted by atomic mass is 16.2. The second-order valence-corrected chi connectivity index (χ2v) is 6.29. The number of pyridine rings is 2. The maximum Gasteiger partial charge on any atom is 0.271 e. The molecule has 0 saturated carbocycles. The van der Waals surface area contributed by atoms with Gasteiger partial charge in [0.05, 0.1) is 0 Å². The SMILES string of the molecule is C=CC(=O)N1CCC[C@@H](Nc2cc(-c3ccnc(C)c3)c[nH]c2=O)C1. The lowest BCUT2D eigenvalue weighted by molar-refractivity contribution is -0.127. The van der Waals surface area contributed by atoms with Crippen LogP contribution in [0.1, 0.15) is 18.5 Å². The van der Waals surface area contributed by atoms with Crippen molar-refractivity contribution >= 4 is 11.6 Å². The number of carbonyl (C=O) groups is 1. The van der Waals surface area contributed by atoms with E-state index in [0.717, 1.165) is 36.2 Å². The molecule has 0 unspecified atom stereocenters. The summed E-state index contributed by atoms with van der Waals surface area (Å²) in [5, 5.41) is 3.30. The van der Waals surface area contributed by atoms with E-state index < -0.39 is 0 Å². The van der Waals surface area contributed by atoms with Gasteiger partial charge in [0.25, 0.3) is 5.56 Å². The van der Waals surface area contributed by atoms with Gasteiger partial charge >= 0.3 is 0 Å². The van der Waals surface area contributed by atoms with Gasteiger partial charge in [-0.15, -0.1) is 0 Å². The van der Waals surface area contributed by atoms with Gasteiger partial charge in [-0.3, -0.25) is 14.6 Å². The summed E-state index contributed by atoms with van der Waals surface area (Å²) in [5.74, 6) is -0.0681. The van der Waals surface area contributed by atoms with E-state index in [0.29, 0.717) is 12.2 Å². The van der Waals surface area contributed by atoms with E-state index in [2.05, 4.69) is 21.9 Å². The summed E-state index contributed by atoms with van der Waals surface area (Å²) in [6.45, 7) is 6.78. The largest absolute Gasteiger partial charge is 0.376 e. The molecule has 3 heterocycles. The molecule has 2 N–H and O–H groups in total. The van der Waals surface area contributed by atoms with Crippen LogP contribution in [-0.4, -0.2) is 39.9 Å². The fourth-order valence-corrected chi connectivity index (χ4v) is 3.13. The Morgan fingerprint density at radius 3 is 3.04 bits per heavy atom. The highest BCUT2D eigenvalue weighted by Gasteiger charge is 2.22. The first-order chi connectivity index (χ1) is 12.1. The van der Waals surface area contributed by atoms with Gasteiger partial charge in [0, 0.05) is 42.8 Å². The van der Waals surface area contributed by atoms with Gasteiger partial charge in [0.1, 0.15) is 5.69 Å². The second kappa shape index (κ2) is 7.34. The fourth-order valence-electron chi connectivity index (χ4n) is 3.13. The zero-order valence-corrected chi connectivity index (χ0v) is 14.3. The molecule has 1 fully saturated rings. The lowest BCUT2D eigenvalue weighted by Gasteiger charge is -2.32. The summed E-state index contributed by atoms with van der Waals surface area (Å²) in [7, 11) is 0. The molecular formula is C19H22N4O2. The molecule has 1 aliphatic heterocycles. The fraction of sp³-hybridized carbons (Fsp3) is 0.316. The predicted molar refractivity (Wildman–Crippen MR) is 98.5 cm³/mol. The number of aromatic nitrogens is 2. The van der Waals surface area contributed by atoms with Crippen LogP contribution in [-0.2, 0) is 4.79 Å². The highest BCUT2D eigenvalue weighted by Crippen LogP contribution is 2.21. The Hall–Kier alpha value is -2.89. The summed E-state index contributed by atoms with van der Waals surface area (Å²) in [6.07, 6.45) is 6.61. The van der Waals surface area contributed by atoms with Crippen LogP contribution in [0.3, 0.4) is 0 Å². The van der Waals surface area contributed by atoms with Crippen molar-refractivity contribution in [3.05, 3.63) is 59.3 Å². The van der Waals surface area contributed by atoms with Crippen LogP contribution in [0.15, 0.2) is 48.0 Å². The smallest absolute Gasteiger partial charge is 0.271 e. The maximum atomic E-state index is 12.2. The Morgan fingerprint density at radius 2 is 2.28 bits per heavy atom. The molecule has 0 bridgehead atoms. The van der Waals surface area contributed by atoms with Gasteiger partial charge in [-0.2, -0.15) is 0 Å². The predicted octanol–water partition coefficient (Wildman–Crippen LogP) is 2.33. The van der Waals surface area contributed by atoms with E-state index >= 15 is 0 Å². The molecule has 0 spiro atoms. The number of hydrogen-bond donors (Lipinski definition) is 2. The third-order valence-electron chi connectivity index (χ3n) is 4.40. The van der Waals surface area contributed by atoms with Crippen molar-refractivity contribution in [3.8, 4) is 11.1 Å². The molecular weight excluding hydrogens is 316 g/mol. The first kappa shape index (κ1) is 17.0. The number of carbonyl (C=O) groups excluding carboxylic acids is 1. The third kappa shape index (κ3) is 3.96. The zero-order valence-electron chi connectivity index (χ0n) is 14.3. The minimum Gasteiger partial charge on any atom is -0.376 e. The number of amides is 1. The van der Waals surface area contributed by atoms with Crippen molar-refractivity contribution in [1.29, 1.82) is 0 Å². The number of nitrogens with zero attached hydrogens (tertiary/aromatic N) is 2. The number of aryl methyl sites for hydroxylation is 1. The van der Waals surface area contributed by atoms with Gasteiger partial charge in [0.15, 0.2) is 0 Å². The number of nitrogens with one attached hydrogen (secondary N) is 2. The third-order valence-corrected chi connectivity index (χ3v) is 4.40. The normalized spacial score (nSPS) is 17.2. The monoisotopic (exact) mass is 338 g/mol. The van der Waals surface area contributed by atoms with E-state index in [4.69, 9.17) is 0 Å². The first-order valence-corrected chi connectivity index (χ1v) is 8.40. The Bertz CT molecular complexity index is 843. The number of aromatic amines is 1. The van der Waals surface area contributed by atoms with Crippen LogP contribution in [0.4, 0.5) is 5.69 Å². The standard InChI is InChI=1S/C19H22N4O2/c1-3-18(24)23-8-4-5-16(12-23)22-17-10-15(11-21-19(17)25)14-6-7-20-13(2)9-14/h3,6-7,9-11,16,22H,1,4-5,8,12H2,2H3,(H,21,25)/t16-/m1/s1. The van der Waals surface area contributed by atoms with Crippen LogP contribution >= 0.6 is 0 Å². The van der Waals surface area contributed by atoms with Crippen LogP contribution in [0.2, 0.25) is 0 Å². The molecule has 3 rings (SSSR count). The van der Waals surface area contributed by atoms with Gasteiger partial charge < -0.3 is 15.2 Å². The quantitative estimate of drug-likeness (QED) is 0.839. The van der Waals surface area contributed by atoms with Crippen LogP contribution in [0.5, 0.6) is 0 Å². The summed E-state index contributed by atoms with van der Waals surface area (Å²) < 4.78 is 0. The lowest BCUT2D eigenvalue weighted by atomic mass is 10.0. The summed E-state index contributed by atoms with van der Waals surface area (Å²) >= 11 is 0. The Morgan fingerprint density at radius 1 is 1.44 bits per heavy atom. The number of piperidine rings is 1. The molecule has 0 radical (unpaired) electrons. The molecule has 1 saturated heterocycles. The molecule has 0 aromatic carbocycles. The Balaban J connectivity index is 1.80. The molecule has 130 valence electrons. The maximum absolute atomic E-state index is 12.2. The van der Waals surface area contributed by atoms with Crippen LogP contribution in [0, 0.1) is 6.92 Å². The van der Waals surface area contributed by atoms with Crippen LogP contribution < -0.4 is 10.9 Å². The van der Waals surface area contributed by atoms with Crippen molar-refractivity contribution in [2.45, 2.75) is 25.8 Å². The van der Waals surface area contributed by atoms with E-state index in [-0.39, 0.29) is 17.5 Å². The molecule has 0 aliphatic carbocycles. The van der Waals surface area contributed by atoms with Crippen molar-refractivity contribution in [3.63, 3.8) is 0 Å². The number of likely N-dealkylation sites (tertiary alicyclic amines) is 1. The minimum absolute atomic E-state index is 0.0492. The van der Waals surface area contributed by atoms with Gasteiger partial charge in [-0.25, -0.2) is 0 Å². The van der Waals surface area contributed by atoms with Gasteiger partial charge in [0.2, 0.25) is 5.91 Å². The van der Waals surface area contributed by atoms with Crippen molar-refractivity contribution in [1.82, 2.24) is 14.9 Å². The molecule has 6 nitrogen and oxygen atoms in total. The average molecular weight is 338 g/mol. The summed E-state index contributed by atoms with van der Waals surface area (Å²) in [4.78, 5) is 32.7. The van der Waals surface area contributed by atoms with Gasteiger partial charge in [-0.1, -0.05) is 6.58 Å². The Labute approximate surface area is 146 Å². The number of rotatable bonds is 4. The Kier molecular flexibility index (Phi) is 4.97. The molecule has 6 heteroatoms. The van der Waals surface area contributed by atoms with E-state index in [1.807, 2.05) is 25.1 Å². The molecule has 2 aromatic heterocycles. The molecule has 1 amide bonds. The molecule has 2 aromatic rings. The van der Waals surface area contributed by atoms with Crippen molar-refractivity contribution in [2.24, 2.45) is 0 Å².